The highest BCUT2D eigenvalue weighted by molar-refractivity contribution is 8.18. The summed E-state index contributed by atoms with van der Waals surface area (Å²) in [5.41, 5.74) is 1.10. The molecule has 1 aliphatic rings. The Hall–Kier alpha value is -3.72. The van der Waals surface area contributed by atoms with Crippen molar-refractivity contribution in [2.24, 2.45) is 4.99 Å². The predicted molar refractivity (Wildman–Crippen MR) is 111 cm³/mol. The van der Waals surface area contributed by atoms with Crippen molar-refractivity contribution in [2.45, 2.75) is 0 Å². The maximum Gasteiger partial charge on any atom is 0.335 e. The molecule has 8 nitrogen and oxygen atoms in total. The lowest BCUT2D eigenvalue weighted by atomic mass is 10.2. The van der Waals surface area contributed by atoms with Crippen molar-refractivity contribution in [3.63, 3.8) is 0 Å². The average molecular weight is 409 g/mol. The van der Waals surface area contributed by atoms with Gasteiger partial charge in [0.25, 0.3) is 11.6 Å². The number of benzene rings is 2. The van der Waals surface area contributed by atoms with Crippen LogP contribution in [0.3, 0.4) is 0 Å². The Labute approximate surface area is 170 Å². The fourth-order valence-corrected chi connectivity index (χ4v) is 3.56. The van der Waals surface area contributed by atoms with E-state index in [2.05, 4.69) is 11.6 Å². The molecular formula is C20H15N3O5S. The number of aliphatic imine (C=N–C) groups is 1. The molecule has 2 aromatic rings. The van der Waals surface area contributed by atoms with Crippen LogP contribution in [-0.4, -0.2) is 38.5 Å². The van der Waals surface area contributed by atoms with E-state index in [9.17, 15) is 19.7 Å². The number of non-ortho nitro benzene ring substituents is 1. The van der Waals surface area contributed by atoms with Crippen LogP contribution in [0.15, 0.2) is 71.1 Å². The molecule has 0 aliphatic carbocycles. The summed E-state index contributed by atoms with van der Waals surface area (Å²) in [7, 11) is 0. The number of carboxylic acids is 1. The molecule has 1 amide bonds. The van der Waals surface area contributed by atoms with E-state index in [1.165, 1.54) is 29.2 Å². The molecule has 0 unspecified atom stereocenters. The lowest BCUT2D eigenvalue weighted by molar-refractivity contribution is -0.384. The molecule has 0 spiro atoms. The van der Waals surface area contributed by atoms with Gasteiger partial charge in [-0.3, -0.25) is 19.8 Å². The average Bonchev–Trinajstić information content (AvgIpc) is 2.98. The quantitative estimate of drug-likeness (QED) is 0.333. The number of carbonyl (C=O) groups excluding carboxylic acids is 1. The number of hydrogen-bond acceptors (Lipinski definition) is 6. The van der Waals surface area contributed by atoms with Gasteiger partial charge >= 0.3 is 5.97 Å². The highest BCUT2D eigenvalue weighted by atomic mass is 32.2. The molecule has 0 saturated carbocycles. The van der Waals surface area contributed by atoms with Crippen LogP contribution < -0.4 is 0 Å². The van der Waals surface area contributed by atoms with Gasteiger partial charge in [-0.15, -0.1) is 6.58 Å². The van der Waals surface area contributed by atoms with E-state index >= 15 is 0 Å². The van der Waals surface area contributed by atoms with E-state index in [1.807, 2.05) is 0 Å². The highest BCUT2D eigenvalue weighted by Gasteiger charge is 2.32. The summed E-state index contributed by atoms with van der Waals surface area (Å²) in [6, 6.07) is 12.0. The van der Waals surface area contributed by atoms with Crippen molar-refractivity contribution in [3.05, 3.63) is 87.3 Å². The first kappa shape index (κ1) is 20.0. The fourth-order valence-electron chi connectivity index (χ4n) is 2.55. The monoisotopic (exact) mass is 409 g/mol. The Morgan fingerprint density at radius 2 is 2.00 bits per heavy atom. The van der Waals surface area contributed by atoms with Gasteiger partial charge in [-0.1, -0.05) is 18.2 Å². The zero-order chi connectivity index (χ0) is 21.0. The van der Waals surface area contributed by atoms with Gasteiger partial charge in [-0.2, -0.15) is 0 Å². The molecule has 0 atom stereocenters. The van der Waals surface area contributed by atoms with Gasteiger partial charge in [0.05, 0.1) is 21.1 Å². The number of nitrogens with zero attached hydrogens (tertiary/aromatic N) is 3. The molecule has 29 heavy (non-hydrogen) atoms. The van der Waals surface area contributed by atoms with Crippen molar-refractivity contribution in [1.82, 2.24) is 4.90 Å². The van der Waals surface area contributed by atoms with Gasteiger partial charge in [0, 0.05) is 18.7 Å². The van der Waals surface area contributed by atoms with Crippen LogP contribution >= 0.6 is 11.8 Å². The van der Waals surface area contributed by atoms with Crippen molar-refractivity contribution in [2.75, 3.05) is 6.54 Å². The van der Waals surface area contributed by atoms with E-state index in [4.69, 9.17) is 5.11 Å². The van der Waals surface area contributed by atoms with Crippen molar-refractivity contribution >= 4 is 46.3 Å². The van der Waals surface area contributed by atoms with Crippen LogP contribution in [0.4, 0.5) is 11.4 Å². The second kappa shape index (κ2) is 8.53. The number of amides is 1. The fraction of sp³-hybridized carbons (Fsp3) is 0.0500. The topological polar surface area (TPSA) is 113 Å². The Kier molecular flexibility index (Phi) is 5.89. The maximum absolute atomic E-state index is 12.8. The first-order valence-electron chi connectivity index (χ1n) is 8.38. The third-order valence-electron chi connectivity index (χ3n) is 3.92. The molecule has 1 saturated heterocycles. The van der Waals surface area contributed by atoms with Crippen LogP contribution in [0.25, 0.3) is 6.08 Å². The van der Waals surface area contributed by atoms with Crippen LogP contribution in [0.2, 0.25) is 0 Å². The Bertz CT molecular complexity index is 1060. The van der Waals surface area contributed by atoms with Gasteiger partial charge in [0.15, 0.2) is 5.17 Å². The minimum absolute atomic E-state index is 0.0647. The molecule has 3 rings (SSSR count). The summed E-state index contributed by atoms with van der Waals surface area (Å²) in [5, 5.41) is 20.3. The highest BCUT2D eigenvalue weighted by Crippen LogP contribution is 2.34. The number of rotatable bonds is 6. The molecule has 0 aromatic heterocycles. The number of amidine groups is 1. The molecule has 0 radical (unpaired) electrons. The SMILES string of the molecule is C=CCN1C(=O)C(=Cc2cccc([N+](=O)[O-])c2)SC1=Nc1ccc(C(=O)O)cc1. The number of nitro benzene ring substituents is 1. The molecule has 9 heteroatoms. The van der Waals surface area contributed by atoms with Gasteiger partial charge < -0.3 is 5.11 Å². The molecule has 1 N–H and O–H groups in total. The standard InChI is InChI=1S/C20H15N3O5S/c1-2-10-22-18(24)17(12-13-4-3-5-16(11-13)23(27)28)29-20(22)21-15-8-6-14(7-9-15)19(25)26/h2-9,11-12H,1,10H2,(H,25,26). The zero-order valence-electron chi connectivity index (χ0n) is 15.0. The largest absolute Gasteiger partial charge is 0.478 e. The maximum atomic E-state index is 12.8. The van der Waals surface area contributed by atoms with Crippen molar-refractivity contribution in [3.8, 4) is 0 Å². The first-order valence-corrected chi connectivity index (χ1v) is 9.19. The van der Waals surface area contributed by atoms with E-state index in [0.29, 0.717) is 21.3 Å². The molecule has 1 fully saturated rings. The lowest BCUT2D eigenvalue weighted by Gasteiger charge is -2.12. The smallest absolute Gasteiger partial charge is 0.335 e. The number of carbonyl (C=O) groups is 2. The third-order valence-corrected chi connectivity index (χ3v) is 4.92. The Balaban J connectivity index is 1.93. The first-order chi connectivity index (χ1) is 13.9. The van der Waals surface area contributed by atoms with E-state index in [-0.39, 0.29) is 23.7 Å². The van der Waals surface area contributed by atoms with Crippen LogP contribution in [0, 0.1) is 10.1 Å². The van der Waals surface area contributed by atoms with Gasteiger partial charge in [0.1, 0.15) is 0 Å². The van der Waals surface area contributed by atoms with E-state index < -0.39 is 10.9 Å². The minimum atomic E-state index is -1.04. The zero-order valence-corrected chi connectivity index (χ0v) is 15.8. The second-order valence-corrected chi connectivity index (χ2v) is 6.92. The third kappa shape index (κ3) is 4.58. The molecule has 1 heterocycles. The number of nitro groups is 1. The van der Waals surface area contributed by atoms with Crippen LogP contribution in [0.5, 0.6) is 0 Å². The molecule has 1 aliphatic heterocycles. The molecule has 0 bridgehead atoms. The second-order valence-electron chi connectivity index (χ2n) is 5.91. The molecular weight excluding hydrogens is 394 g/mol. The summed E-state index contributed by atoms with van der Waals surface area (Å²) in [6.07, 6.45) is 3.14. The number of aromatic carboxylic acids is 1. The van der Waals surface area contributed by atoms with Crippen molar-refractivity contribution < 1.29 is 19.6 Å². The van der Waals surface area contributed by atoms with Crippen molar-refractivity contribution in [1.29, 1.82) is 0 Å². The molecule has 146 valence electrons. The summed E-state index contributed by atoms with van der Waals surface area (Å²) in [4.78, 5) is 40.4. The van der Waals surface area contributed by atoms with Gasteiger partial charge in [-0.25, -0.2) is 9.79 Å². The predicted octanol–water partition coefficient (Wildman–Crippen LogP) is 4.08. The summed E-state index contributed by atoms with van der Waals surface area (Å²) < 4.78 is 0. The van der Waals surface area contributed by atoms with Gasteiger partial charge in [-0.05, 0) is 47.7 Å². The van der Waals surface area contributed by atoms with Crippen LogP contribution in [0.1, 0.15) is 15.9 Å². The van der Waals surface area contributed by atoms with Crippen LogP contribution in [-0.2, 0) is 4.79 Å². The van der Waals surface area contributed by atoms with E-state index in [1.54, 1.807) is 36.4 Å². The minimum Gasteiger partial charge on any atom is -0.478 e. The molecule has 2 aromatic carbocycles. The summed E-state index contributed by atoms with van der Waals surface area (Å²) >= 11 is 1.13. The normalized spacial score (nSPS) is 16.4. The lowest BCUT2D eigenvalue weighted by Crippen LogP contribution is -2.29. The summed E-state index contributed by atoms with van der Waals surface area (Å²) in [5.74, 6) is -1.33. The number of hydrogen-bond donors (Lipinski definition) is 1. The Morgan fingerprint density at radius 3 is 2.62 bits per heavy atom. The summed E-state index contributed by atoms with van der Waals surface area (Å²) in [6.45, 7) is 3.89. The number of carboxylic acid groups (broad SMARTS) is 1. The Morgan fingerprint density at radius 1 is 1.28 bits per heavy atom. The van der Waals surface area contributed by atoms with E-state index in [0.717, 1.165) is 11.8 Å². The van der Waals surface area contributed by atoms with Gasteiger partial charge in [0.2, 0.25) is 0 Å². The number of thioether (sulfide) groups is 1.